The Bertz CT molecular complexity index is 655. The Morgan fingerprint density at radius 2 is 2.08 bits per heavy atom. The van der Waals surface area contributed by atoms with Gasteiger partial charge in [-0.2, -0.15) is 0 Å². The van der Waals surface area contributed by atoms with Gasteiger partial charge in [0.1, 0.15) is 5.75 Å². The summed E-state index contributed by atoms with van der Waals surface area (Å²) in [6.45, 7) is 1.92. The van der Waals surface area contributed by atoms with Gasteiger partial charge >= 0.3 is 5.97 Å². The normalized spacial score (nSPS) is 10.2. The van der Waals surface area contributed by atoms with Gasteiger partial charge in [-0.1, -0.05) is 12.1 Å². The second-order valence-electron chi connectivity index (χ2n) is 5.10. The minimum atomic E-state index is -0.416. The molecular formula is C18H21NO4S. The highest BCUT2D eigenvalue weighted by atomic mass is 32.1. The Morgan fingerprint density at radius 3 is 2.83 bits per heavy atom. The fourth-order valence-electron chi connectivity index (χ4n) is 2.11. The van der Waals surface area contributed by atoms with Crippen molar-refractivity contribution >= 4 is 28.9 Å². The van der Waals surface area contributed by atoms with Gasteiger partial charge in [-0.15, -0.1) is 11.3 Å². The van der Waals surface area contributed by atoms with E-state index in [9.17, 15) is 9.59 Å². The molecule has 1 aromatic heterocycles. The molecule has 0 bridgehead atoms. The SMILES string of the molecule is CCOC(=O)COc1cccc(NC(=O)CCCc2cccs2)c1. The predicted octanol–water partition coefficient (Wildman–Crippen LogP) is 3.65. The van der Waals surface area contributed by atoms with E-state index in [4.69, 9.17) is 9.47 Å². The molecule has 1 N–H and O–H groups in total. The fraction of sp³-hybridized carbons (Fsp3) is 0.333. The highest BCUT2D eigenvalue weighted by Crippen LogP contribution is 2.18. The van der Waals surface area contributed by atoms with E-state index in [0.717, 1.165) is 12.8 Å². The van der Waals surface area contributed by atoms with Crippen LogP contribution in [0.3, 0.4) is 0 Å². The van der Waals surface area contributed by atoms with Crippen LogP contribution in [0, 0.1) is 0 Å². The lowest BCUT2D eigenvalue weighted by Gasteiger charge is -2.09. The third-order valence-corrected chi connectivity index (χ3v) is 4.12. The Kier molecular flexibility index (Phi) is 7.29. The van der Waals surface area contributed by atoms with E-state index < -0.39 is 5.97 Å². The minimum absolute atomic E-state index is 0.0332. The maximum absolute atomic E-state index is 12.0. The molecule has 0 fully saturated rings. The number of thiophene rings is 1. The Morgan fingerprint density at radius 1 is 1.21 bits per heavy atom. The van der Waals surface area contributed by atoms with Gasteiger partial charge in [0.15, 0.2) is 6.61 Å². The van der Waals surface area contributed by atoms with Crippen LogP contribution >= 0.6 is 11.3 Å². The molecule has 0 unspecified atom stereocenters. The molecule has 6 heteroatoms. The number of hydrogen-bond acceptors (Lipinski definition) is 5. The molecule has 0 spiro atoms. The van der Waals surface area contributed by atoms with E-state index in [1.165, 1.54) is 4.88 Å². The second-order valence-corrected chi connectivity index (χ2v) is 6.13. The minimum Gasteiger partial charge on any atom is -0.482 e. The van der Waals surface area contributed by atoms with Crippen LogP contribution in [0.25, 0.3) is 0 Å². The zero-order valence-electron chi connectivity index (χ0n) is 13.6. The number of ether oxygens (including phenoxy) is 2. The number of anilines is 1. The van der Waals surface area contributed by atoms with E-state index in [1.807, 2.05) is 11.4 Å². The van der Waals surface area contributed by atoms with Gasteiger partial charge < -0.3 is 14.8 Å². The molecule has 1 heterocycles. The van der Waals surface area contributed by atoms with Crippen molar-refractivity contribution < 1.29 is 19.1 Å². The summed E-state index contributed by atoms with van der Waals surface area (Å²) in [7, 11) is 0. The molecule has 128 valence electrons. The summed E-state index contributed by atoms with van der Waals surface area (Å²) in [5.74, 6) is 0.0639. The molecule has 0 saturated carbocycles. The quantitative estimate of drug-likeness (QED) is 0.703. The smallest absolute Gasteiger partial charge is 0.344 e. The first-order chi connectivity index (χ1) is 11.7. The molecule has 1 amide bonds. The third-order valence-electron chi connectivity index (χ3n) is 3.19. The molecule has 2 aromatic rings. The average molecular weight is 347 g/mol. The maximum Gasteiger partial charge on any atom is 0.344 e. The largest absolute Gasteiger partial charge is 0.482 e. The van der Waals surface area contributed by atoms with Crippen LogP contribution < -0.4 is 10.1 Å². The van der Waals surface area contributed by atoms with Gasteiger partial charge in [-0.25, -0.2) is 4.79 Å². The molecule has 0 aliphatic rings. The van der Waals surface area contributed by atoms with Crippen LogP contribution in [0.2, 0.25) is 0 Å². The van der Waals surface area contributed by atoms with Crippen molar-refractivity contribution in [2.75, 3.05) is 18.5 Å². The van der Waals surface area contributed by atoms with Crippen LogP contribution in [0.15, 0.2) is 41.8 Å². The standard InChI is InChI=1S/C18H21NO4S/c1-2-22-18(21)13-23-15-7-3-6-14(12-15)19-17(20)10-4-8-16-9-5-11-24-16/h3,5-7,9,11-12H,2,4,8,10,13H2,1H3,(H,19,20). The van der Waals surface area contributed by atoms with Crippen molar-refractivity contribution in [2.24, 2.45) is 0 Å². The van der Waals surface area contributed by atoms with E-state index in [-0.39, 0.29) is 12.5 Å². The van der Waals surface area contributed by atoms with Crippen molar-refractivity contribution in [3.63, 3.8) is 0 Å². The van der Waals surface area contributed by atoms with Gasteiger partial charge in [-0.05, 0) is 43.3 Å². The van der Waals surface area contributed by atoms with E-state index in [1.54, 1.807) is 42.5 Å². The highest BCUT2D eigenvalue weighted by Gasteiger charge is 2.06. The zero-order chi connectivity index (χ0) is 17.2. The van der Waals surface area contributed by atoms with Gasteiger partial charge in [-0.3, -0.25) is 4.79 Å². The number of rotatable bonds is 9. The Labute approximate surface area is 145 Å². The first-order valence-corrected chi connectivity index (χ1v) is 8.76. The first-order valence-electron chi connectivity index (χ1n) is 7.88. The number of carbonyl (C=O) groups is 2. The third kappa shape index (κ3) is 6.42. The summed E-state index contributed by atoms with van der Waals surface area (Å²) in [4.78, 5) is 24.5. The molecule has 0 radical (unpaired) electrons. The Balaban J connectivity index is 1.76. The van der Waals surface area contributed by atoms with Gasteiger partial charge in [0.25, 0.3) is 0 Å². The molecule has 1 aromatic carbocycles. The van der Waals surface area contributed by atoms with E-state index >= 15 is 0 Å². The molecule has 2 rings (SSSR count). The predicted molar refractivity (Wildman–Crippen MR) is 94.5 cm³/mol. The average Bonchev–Trinajstić information content (AvgIpc) is 3.07. The van der Waals surface area contributed by atoms with Crippen molar-refractivity contribution in [2.45, 2.75) is 26.2 Å². The van der Waals surface area contributed by atoms with Gasteiger partial charge in [0.2, 0.25) is 5.91 Å². The number of hydrogen-bond donors (Lipinski definition) is 1. The number of esters is 1. The molecular weight excluding hydrogens is 326 g/mol. The van der Waals surface area contributed by atoms with Crippen molar-refractivity contribution in [1.29, 1.82) is 0 Å². The Hall–Kier alpha value is -2.34. The van der Waals surface area contributed by atoms with Crippen LogP contribution in [-0.2, 0) is 20.7 Å². The summed E-state index contributed by atoms with van der Waals surface area (Å²) in [5, 5.41) is 4.88. The van der Waals surface area contributed by atoms with Gasteiger partial charge in [0, 0.05) is 23.1 Å². The molecule has 0 aliphatic heterocycles. The highest BCUT2D eigenvalue weighted by molar-refractivity contribution is 7.09. The molecule has 24 heavy (non-hydrogen) atoms. The number of amides is 1. The number of benzene rings is 1. The van der Waals surface area contributed by atoms with E-state index in [0.29, 0.717) is 24.5 Å². The molecule has 0 atom stereocenters. The number of carbonyl (C=O) groups excluding carboxylic acids is 2. The monoisotopic (exact) mass is 347 g/mol. The lowest BCUT2D eigenvalue weighted by Crippen LogP contribution is -2.15. The van der Waals surface area contributed by atoms with Gasteiger partial charge in [0.05, 0.1) is 6.61 Å². The lowest BCUT2D eigenvalue weighted by molar-refractivity contribution is -0.145. The zero-order valence-corrected chi connectivity index (χ0v) is 14.4. The number of nitrogens with one attached hydrogen (secondary N) is 1. The van der Waals surface area contributed by atoms with Crippen molar-refractivity contribution in [1.82, 2.24) is 0 Å². The van der Waals surface area contributed by atoms with E-state index in [2.05, 4.69) is 11.4 Å². The summed E-state index contributed by atoms with van der Waals surface area (Å²) in [6.07, 6.45) is 2.19. The molecule has 0 aliphatic carbocycles. The van der Waals surface area contributed by atoms with Crippen LogP contribution in [-0.4, -0.2) is 25.1 Å². The lowest BCUT2D eigenvalue weighted by atomic mass is 10.2. The van der Waals surface area contributed by atoms with Crippen LogP contribution in [0.4, 0.5) is 5.69 Å². The summed E-state index contributed by atoms with van der Waals surface area (Å²) in [6, 6.07) is 11.1. The number of aryl methyl sites for hydroxylation is 1. The second kappa shape index (κ2) is 9.72. The summed E-state index contributed by atoms with van der Waals surface area (Å²) in [5.41, 5.74) is 0.650. The van der Waals surface area contributed by atoms with Crippen LogP contribution in [0.5, 0.6) is 5.75 Å². The molecule has 0 saturated heterocycles. The fourth-order valence-corrected chi connectivity index (χ4v) is 2.86. The van der Waals surface area contributed by atoms with Crippen molar-refractivity contribution in [3.05, 3.63) is 46.7 Å². The summed E-state index contributed by atoms with van der Waals surface area (Å²) < 4.78 is 10.1. The molecule has 5 nitrogen and oxygen atoms in total. The summed E-state index contributed by atoms with van der Waals surface area (Å²) >= 11 is 1.71. The topological polar surface area (TPSA) is 64.6 Å². The van der Waals surface area contributed by atoms with Crippen molar-refractivity contribution in [3.8, 4) is 5.75 Å². The first kappa shape index (κ1) is 18.0. The maximum atomic E-state index is 12.0. The van der Waals surface area contributed by atoms with Crippen LogP contribution in [0.1, 0.15) is 24.6 Å².